The minimum Gasteiger partial charge on any atom is -0.390 e. The summed E-state index contributed by atoms with van der Waals surface area (Å²) in [5.41, 5.74) is -0.455. The predicted molar refractivity (Wildman–Crippen MR) is 52.0 cm³/mol. The molecule has 72 valence electrons. The minimum atomic E-state index is -0.455. The SMILES string of the molecule is CC(C)[C@@H]1CCC(C(C)(C)O)C1. The Morgan fingerprint density at radius 1 is 1.25 bits per heavy atom. The van der Waals surface area contributed by atoms with Gasteiger partial charge in [-0.15, -0.1) is 0 Å². The van der Waals surface area contributed by atoms with Crippen LogP contribution >= 0.6 is 0 Å². The van der Waals surface area contributed by atoms with Gasteiger partial charge in [0.1, 0.15) is 0 Å². The molecule has 12 heavy (non-hydrogen) atoms. The largest absolute Gasteiger partial charge is 0.390 e. The van der Waals surface area contributed by atoms with E-state index in [4.69, 9.17) is 0 Å². The van der Waals surface area contributed by atoms with Gasteiger partial charge in [0, 0.05) is 0 Å². The van der Waals surface area contributed by atoms with Crippen molar-refractivity contribution in [3.8, 4) is 0 Å². The van der Waals surface area contributed by atoms with Gasteiger partial charge in [0.25, 0.3) is 0 Å². The van der Waals surface area contributed by atoms with E-state index in [-0.39, 0.29) is 0 Å². The van der Waals surface area contributed by atoms with Crippen molar-refractivity contribution in [2.24, 2.45) is 17.8 Å². The molecule has 0 aliphatic heterocycles. The molecule has 1 aliphatic rings. The zero-order chi connectivity index (χ0) is 9.35. The third-order valence-electron chi connectivity index (χ3n) is 3.42. The fourth-order valence-corrected chi connectivity index (χ4v) is 2.26. The maximum Gasteiger partial charge on any atom is 0.0619 e. The normalized spacial score (nSPS) is 31.5. The standard InChI is InChI=1S/C11H22O/c1-8(2)9-5-6-10(7-9)11(3,4)12/h8-10,12H,5-7H2,1-4H3/t9-,10?/m1/s1. The summed E-state index contributed by atoms with van der Waals surface area (Å²) >= 11 is 0. The Morgan fingerprint density at radius 3 is 2.08 bits per heavy atom. The van der Waals surface area contributed by atoms with Crippen molar-refractivity contribution < 1.29 is 5.11 Å². The Bertz CT molecular complexity index is 144. The molecule has 1 unspecified atom stereocenters. The van der Waals surface area contributed by atoms with Crippen LogP contribution in [0.15, 0.2) is 0 Å². The molecule has 2 atom stereocenters. The van der Waals surface area contributed by atoms with E-state index in [1.807, 2.05) is 13.8 Å². The second kappa shape index (κ2) is 3.37. The minimum absolute atomic E-state index is 0.455. The molecule has 0 aromatic heterocycles. The molecular weight excluding hydrogens is 148 g/mol. The van der Waals surface area contributed by atoms with E-state index in [9.17, 15) is 5.11 Å². The topological polar surface area (TPSA) is 20.2 Å². The maximum atomic E-state index is 9.82. The summed E-state index contributed by atoms with van der Waals surface area (Å²) in [5, 5.41) is 9.82. The molecule has 0 bridgehead atoms. The van der Waals surface area contributed by atoms with Crippen LogP contribution in [0.25, 0.3) is 0 Å². The van der Waals surface area contributed by atoms with Crippen molar-refractivity contribution in [2.75, 3.05) is 0 Å². The van der Waals surface area contributed by atoms with E-state index in [1.54, 1.807) is 0 Å². The first kappa shape index (κ1) is 10.0. The molecule has 0 aromatic carbocycles. The Balaban J connectivity index is 2.46. The van der Waals surface area contributed by atoms with Gasteiger partial charge in [-0.3, -0.25) is 0 Å². The molecule has 1 nitrogen and oxygen atoms in total. The van der Waals surface area contributed by atoms with E-state index < -0.39 is 5.60 Å². The van der Waals surface area contributed by atoms with Crippen LogP contribution in [-0.2, 0) is 0 Å². The average molecular weight is 170 g/mol. The van der Waals surface area contributed by atoms with E-state index in [2.05, 4.69) is 13.8 Å². The molecule has 1 rings (SSSR count). The van der Waals surface area contributed by atoms with Crippen LogP contribution in [0.2, 0.25) is 0 Å². The van der Waals surface area contributed by atoms with Gasteiger partial charge in [-0.25, -0.2) is 0 Å². The van der Waals surface area contributed by atoms with Gasteiger partial charge in [-0.2, -0.15) is 0 Å². The number of hydrogen-bond acceptors (Lipinski definition) is 1. The smallest absolute Gasteiger partial charge is 0.0619 e. The molecule has 1 heteroatoms. The number of hydrogen-bond donors (Lipinski definition) is 1. The zero-order valence-corrected chi connectivity index (χ0v) is 8.80. The highest BCUT2D eigenvalue weighted by Crippen LogP contribution is 2.40. The van der Waals surface area contributed by atoms with Gasteiger partial charge in [0.05, 0.1) is 5.60 Å². The first-order valence-corrected chi connectivity index (χ1v) is 5.13. The molecule has 1 fully saturated rings. The van der Waals surface area contributed by atoms with Crippen LogP contribution in [-0.4, -0.2) is 10.7 Å². The summed E-state index contributed by atoms with van der Waals surface area (Å²) in [6.45, 7) is 8.47. The Morgan fingerprint density at radius 2 is 1.83 bits per heavy atom. The predicted octanol–water partition coefficient (Wildman–Crippen LogP) is 2.83. The van der Waals surface area contributed by atoms with Crippen LogP contribution in [0.5, 0.6) is 0 Å². The van der Waals surface area contributed by atoms with E-state index in [0.717, 1.165) is 11.8 Å². The molecule has 1 saturated carbocycles. The van der Waals surface area contributed by atoms with E-state index in [1.165, 1.54) is 19.3 Å². The van der Waals surface area contributed by atoms with Crippen LogP contribution < -0.4 is 0 Å². The first-order valence-electron chi connectivity index (χ1n) is 5.13. The van der Waals surface area contributed by atoms with Gasteiger partial charge in [-0.1, -0.05) is 13.8 Å². The molecular formula is C11H22O. The summed E-state index contributed by atoms with van der Waals surface area (Å²) in [7, 11) is 0. The highest BCUT2D eigenvalue weighted by molar-refractivity contribution is 4.86. The fourth-order valence-electron chi connectivity index (χ4n) is 2.26. The number of rotatable bonds is 2. The van der Waals surface area contributed by atoms with Crippen molar-refractivity contribution in [3.63, 3.8) is 0 Å². The van der Waals surface area contributed by atoms with Crippen molar-refractivity contribution in [1.82, 2.24) is 0 Å². The summed E-state index contributed by atoms with van der Waals surface area (Å²) in [6, 6.07) is 0. The highest BCUT2D eigenvalue weighted by Gasteiger charge is 2.35. The molecule has 0 radical (unpaired) electrons. The third kappa shape index (κ3) is 2.22. The summed E-state index contributed by atoms with van der Waals surface area (Å²) in [6.07, 6.45) is 3.75. The van der Waals surface area contributed by atoms with Crippen molar-refractivity contribution >= 4 is 0 Å². The fraction of sp³-hybridized carbons (Fsp3) is 1.00. The van der Waals surface area contributed by atoms with Gasteiger partial charge in [0.2, 0.25) is 0 Å². The Kier molecular flexibility index (Phi) is 2.82. The van der Waals surface area contributed by atoms with Crippen molar-refractivity contribution in [1.29, 1.82) is 0 Å². The van der Waals surface area contributed by atoms with Crippen LogP contribution in [0.1, 0.15) is 47.0 Å². The summed E-state index contributed by atoms with van der Waals surface area (Å²) < 4.78 is 0. The molecule has 1 N–H and O–H groups in total. The lowest BCUT2D eigenvalue weighted by Crippen LogP contribution is -2.29. The van der Waals surface area contributed by atoms with Crippen LogP contribution in [0, 0.1) is 17.8 Å². The lowest BCUT2D eigenvalue weighted by molar-refractivity contribution is 0.0174. The molecule has 0 spiro atoms. The van der Waals surface area contributed by atoms with Gasteiger partial charge in [0.15, 0.2) is 0 Å². The van der Waals surface area contributed by atoms with E-state index >= 15 is 0 Å². The monoisotopic (exact) mass is 170 g/mol. The second-order valence-corrected chi connectivity index (χ2v) is 5.17. The first-order chi connectivity index (χ1) is 5.41. The second-order valence-electron chi connectivity index (χ2n) is 5.17. The quantitative estimate of drug-likeness (QED) is 0.675. The average Bonchev–Trinajstić information content (AvgIpc) is 2.30. The molecule has 0 aromatic rings. The van der Waals surface area contributed by atoms with Crippen molar-refractivity contribution in [2.45, 2.75) is 52.6 Å². The molecule has 0 amide bonds. The molecule has 0 saturated heterocycles. The van der Waals surface area contributed by atoms with Gasteiger partial charge < -0.3 is 5.11 Å². The Labute approximate surface area is 76.2 Å². The summed E-state index contributed by atoms with van der Waals surface area (Å²) in [4.78, 5) is 0. The van der Waals surface area contributed by atoms with Crippen molar-refractivity contribution in [3.05, 3.63) is 0 Å². The summed E-state index contributed by atoms with van der Waals surface area (Å²) in [5.74, 6) is 2.17. The van der Waals surface area contributed by atoms with Crippen LogP contribution in [0.4, 0.5) is 0 Å². The Hall–Kier alpha value is -0.0400. The molecule has 1 aliphatic carbocycles. The van der Waals surface area contributed by atoms with Crippen LogP contribution in [0.3, 0.4) is 0 Å². The lowest BCUT2D eigenvalue weighted by Gasteiger charge is -2.26. The molecule has 0 heterocycles. The maximum absolute atomic E-state index is 9.82. The number of aliphatic hydroxyl groups is 1. The lowest BCUT2D eigenvalue weighted by atomic mass is 9.87. The zero-order valence-electron chi connectivity index (χ0n) is 8.80. The van der Waals surface area contributed by atoms with E-state index in [0.29, 0.717) is 5.92 Å². The van der Waals surface area contributed by atoms with Gasteiger partial charge >= 0.3 is 0 Å². The third-order valence-corrected chi connectivity index (χ3v) is 3.42. The highest BCUT2D eigenvalue weighted by atomic mass is 16.3. The van der Waals surface area contributed by atoms with Gasteiger partial charge in [-0.05, 0) is 50.9 Å².